The van der Waals surface area contributed by atoms with Gasteiger partial charge in [-0.2, -0.15) is 0 Å². The highest BCUT2D eigenvalue weighted by Crippen LogP contribution is 2.22. The van der Waals surface area contributed by atoms with Crippen LogP contribution in [0.4, 0.5) is 0 Å². The fraction of sp³-hybridized carbons (Fsp3) is 0.588. The third-order valence-electron chi connectivity index (χ3n) is 3.74. The van der Waals surface area contributed by atoms with E-state index in [0.29, 0.717) is 17.9 Å². The number of carbonyl (C=O) groups excluding carboxylic acids is 1. The molecule has 0 spiro atoms. The van der Waals surface area contributed by atoms with Crippen LogP contribution < -0.4 is 4.74 Å². The van der Waals surface area contributed by atoms with Crippen LogP contribution in [0.3, 0.4) is 0 Å². The minimum Gasteiger partial charge on any atom is -0.493 e. The number of ketones is 1. The van der Waals surface area contributed by atoms with Crippen molar-refractivity contribution in [3.05, 3.63) is 29.8 Å². The van der Waals surface area contributed by atoms with E-state index in [2.05, 4.69) is 0 Å². The van der Waals surface area contributed by atoms with Crippen molar-refractivity contribution in [3.8, 4) is 5.75 Å². The summed E-state index contributed by atoms with van der Waals surface area (Å²) in [6.07, 6.45) is 7.44. The average molecular weight is 276 g/mol. The van der Waals surface area contributed by atoms with Crippen molar-refractivity contribution in [2.75, 3.05) is 13.2 Å². The predicted octanol–water partition coefficient (Wildman–Crippen LogP) is 4.01. The van der Waals surface area contributed by atoms with E-state index in [4.69, 9.17) is 9.47 Å². The molecule has 0 heterocycles. The van der Waals surface area contributed by atoms with Gasteiger partial charge in [0.15, 0.2) is 5.78 Å². The Balaban J connectivity index is 1.90. The third kappa shape index (κ3) is 4.34. The van der Waals surface area contributed by atoms with Crippen molar-refractivity contribution in [2.24, 2.45) is 0 Å². The van der Waals surface area contributed by atoms with Gasteiger partial charge in [0, 0.05) is 0 Å². The van der Waals surface area contributed by atoms with Crippen LogP contribution in [0.5, 0.6) is 5.75 Å². The molecule has 3 heteroatoms. The molecular weight excluding hydrogens is 252 g/mol. The molecule has 0 aromatic heterocycles. The number of hydrogen-bond donors (Lipinski definition) is 0. The number of para-hydroxylation sites is 1. The monoisotopic (exact) mass is 276 g/mol. The first-order valence-electron chi connectivity index (χ1n) is 7.68. The molecule has 20 heavy (non-hydrogen) atoms. The smallest absolute Gasteiger partial charge is 0.192 e. The van der Waals surface area contributed by atoms with Gasteiger partial charge in [0.05, 0.1) is 18.3 Å². The van der Waals surface area contributed by atoms with E-state index in [-0.39, 0.29) is 18.5 Å². The van der Waals surface area contributed by atoms with Gasteiger partial charge >= 0.3 is 0 Å². The van der Waals surface area contributed by atoms with Crippen molar-refractivity contribution in [1.82, 2.24) is 0 Å². The topological polar surface area (TPSA) is 35.5 Å². The Hall–Kier alpha value is -1.35. The van der Waals surface area contributed by atoms with E-state index in [1.54, 1.807) is 0 Å². The molecule has 0 atom stereocenters. The molecule has 1 aromatic rings. The molecule has 2 rings (SSSR count). The highest BCUT2D eigenvalue weighted by molar-refractivity contribution is 5.99. The number of benzene rings is 1. The average Bonchev–Trinajstić information content (AvgIpc) is 2.74. The third-order valence-corrected chi connectivity index (χ3v) is 3.74. The summed E-state index contributed by atoms with van der Waals surface area (Å²) in [5.74, 6) is 0.669. The number of carbonyl (C=O) groups is 1. The molecule has 1 fully saturated rings. The zero-order chi connectivity index (χ0) is 14.2. The molecule has 0 amide bonds. The van der Waals surface area contributed by atoms with Crippen LogP contribution in [0.1, 0.15) is 55.8 Å². The van der Waals surface area contributed by atoms with E-state index in [1.165, 1.54) is 25.7 Å². The van der Waals surface area contributed by atoms with E-state index >= 15 is 0 Å². The van der Waals surface area contributed by atoms with Crippen molar-refractivity contribution in [1.29, 1.82) is 0 Å². The second-order valence-electron chi connectivity index (χ2n) is 5.28. The Kier molecular flexibility index (Phi) is 6.06. The molecular formula is C17H24O3. The summed E-state index contributed by atoms with van der Waals surface area (Å²) in [4.78, 5) is 12.3. The first-order chi connectivity index (χ1) is 9.81. The lowest BCUT2D eigenvalue weighted by Crippen LogP contribution is -2.18. The van der Waals surface area contributed by atoms with E-state index < -0.39 is 0 Å². The number of Topliss-reactive ketones (excluding diaryl/α,β-unsaturated/α-hetero) is 1. The van der Waals surface area contributed by atoms with Crippen LogP contribution in [-0.2, 0) is 4.74 Å². The van der Waals surface area contributed by atoms with Crippen molar-refractivity contribution >= 4 is 5.78 Å². The Morgan fingerprint density at radius 2 is 1.85 bits per heavy atom. The van der Waals surface area contributed by atoms with Gasteiger partial charge in [-0.3, -0.25) is 4.79 Å². The van der Waals surface area contributed by atoms with Crippen LogP contribution in [0.15, 0.2) is 24.3 Å². The molecule has 0 bridgehead atoms. The maximum absolute atomic E-state index is 12.3. The summed E-state index contributed by atoms with van der Waals surface area (Å²) < 4.78 is 11.3. The van der Waals surface area contributed by atoms with Gasteiger partial charge in [0.25, 0.3) is 0 Å². The maximum Gasteiger partial charge on any atom is 0.192 e. The summed E-state index contributed by atoms with van der Waals surface area (Å²) in [5, 5.41) is 0. The highest BCUT2D eigenvalue weighted by atomic mass is 16.5. The summed E-state index contributed by atoms with van der Waals surface area (Å²) in [5.41, 5.74) is 0.628. The number of hydrogen-bond acceptors (Lipinski definition) is 3. The molecule has 1 aliphatic rings. The molecule has 1 saturated carbocycles. The second kappa shape index (κ2) is 8.05. The second-order valence-corrected chi connectivity index (χ2v) is 5.28. The van der Waals surface area contributed by atoms with Gasteiger partial charge in [-0.15, -0.1) is 0 Å². The standard InChI is InChI=1S/C17H24O3/c1-2-19-17-12-8-7-11-15(17)16(18)13-20-14-9-5-3-4-6-10-14/h7-8,11-12,14H,2-6,9-10,13H2,1H3. The SMILES string of the molecule is CCOc1ccccc1C(=O)COC1CCCCCC1. The van der Waals surface area contributed by atoms with Crippen LogP contribution >= 0.6 is 0 Å². The molecule has 0 unspecified atom stereocenters. The normalized spacial score (nSPS) is 16.6. The molecule has 0 N–H and O–H groups in total. The van der Waals surface area contributed by atoms with Crippen molar-refractivity contribution in [3.63, 3.8) is 0 Å². The van der Waals surface area contributed by atoms with Crippen molar-refractivity contribution in [2.45, 2.75) is 51.6 Å². The van der Waals surface area contributed by atoms with Crippen LogP contribution in [0.25, 0.3) is 0 Å². The highest BCUT2D eigenvalue weighted by Gasteiger charge is 2.17. The van der Waals surface area contributed by atoms with Gasteiger partial charge in [-0.25, -0.2) is 0 Å². The fourth-order valence-electron chi connectivity index (χ4n) is 2.66. The van der Waals surface area contributed by atoms with Gasteiger partial charge in [-0.1, -0.05) is 37.8 Å². The Morgan fingerprint density at radius 1 is 1.15 bits per heavy atom. The van der Waals surface area contributed by atoms with Crippen LogP contribution in [0.2, 0.25) is 0 Å². The Labute approximate surface area is 121 Å². The molecule has 1 aliphatic carbocycles. The maximum atomic E-state index is 12.3. The molecule has 110 valence electrons. The minimum absolute atomic E-state index is 0.0123. The Morgan fingerprint density at radius 3 is 2.55 bits per heavy atom. The largest absolute Gasteiger partial charge is 0.493 e. The van der Waals surface area contributed by atoms with Crippen molar-refractivity contribution < 1.29 is 14.3 Å². The zero-order valence-corrected chi connectivity index (χ0v) is 12.3. The molecule has 0 aliphatic heterocycles. The molecule has 0 saturated heterocycles. The van der Waals surface area contributed by atoms with Gasteiger partial charge in [-0.05, 0) is 31.9 Å². The lowest BCUT2D eigenvalue weighted by Gasteiger charge is -2.15. The Bertz CT molecular complexity index is 420. The lowest BCUT2D eigenvalue weighted by atomic mass is 10.1. The van der Waals surface area contributed by atoms with E-state index in [9.17, 15) is 4.79 Å². The number of ether oxygens (including phenoxy) is 2. The van der Waals surface area contributed by atoms with Gasteiger partial charge in [0.2, 0.25) is 0 Å². The zero-order valence-electron chi connectivity index (χ0n) is 12.3. The lowest BCUT2D eigenvalue weighted by molar-refractivity contribution is 0.0387. The predicted molar refractivity (Wildman–Crippen MR) is 79.4 cm³/mol. The molecule has 1 aromatic carbocycles. The summed E-state index contributed by atoms with van der Waals surface area (Å²) in [6.45, 7) is 2.64. The van der Waals surface area contributed by atoms with E-state index in [1.807, 2.05) is 31.2 Å². The van der Waals surface area contributed by atoms with Gasteiger partial charge < -0.3 is 9.47 Å². The van der Waals surface area contributed by atoms with E-state index in [0.717, 1.165) is 12.8 Å². The summed E-state index contributed by atoms with van der Waals surface area (Å²) in [6, 6.07) is 7.39. The van der Waals surface area contributed by atoms with Gasteiger partial charge in [0.1, 0.15) is 12.4 Å². The van der Waals surface area contributed by atoms with Crippen LogP contribution in [0, 0.1) is 0 Å². The fourth-order valence-corrected chi connectivity index (χ4v) is 2.66. The summed E-state index contributed by atoms with van der Waals surface area (Å²) in [7, 11) is 0. The molecule has 3 nitrogen and oxygen atoms in total. The quantitative estimate of drug-likeness (QED) is 0.582. The summed E-state index contributed by atoms with van der Waals surface area (Å²) >= 11 is 0. The minimum atomic E-state index is 0.0123. The molecule has 0 radical (unpaired) electrons. The van der Waals surface area contributed by atoms with Crippen LogP contribution in [-0.4, -0.2) is 25.1 Å². The first-order valence-corrected chi connectivity index (χ1v) is 7.68. The first kappa shape index (κ1) is 15.0. The number of rotatable bonds is 6.